The van der Waals surface area contributed by atoms with Crippen LogP contribution in [0.4, 0.5) is 5.69 Å². The number of carbonyl (C=O) groups is 1. The van der Waals surface area contributed by atoms with E-state index in [0.717, 1.165) is 6.26 Å². The highest BCUT2D eigenvalue weighted by molar-refractivity contribution is 7.89. The zero-order valence-electron chi connectivity index (χ0n) is 11.2. The third-order valence-electron chi connectivity index (χ3n) is 2.86. The van der Waals surface area contributed by atoms with Gasteiger partial charge >= 0.3 is 5.97 Å². The molecule has 21 heavy (non-hydrogen) atoms. The van der Waals surface area contributed by atoms with Crippen LogP contribution >= 0.6 is 0 Å². The first-order valence-electron chi connectivity index (χ1n) is 5.95. The lowest BCUT2D eigenvalue weighted by atomic mass is 10.2. The van der Waals surface area contributed by atoms with Crippen molar-refractivity contribution >= 4 is 21.7 Å². The molecular formula is C13H14N2O5S. The van der Waals surface area contributed by atoms with Gasteiger partial charge in [0.05, 0.1) is 17.0 Å². The predicted octanol–water partition coefficient (Wildman–Crippen LogP) is 1.55. The number of aryl methyl sites for hydroxylation is 1. The van der Waals surface area contributed by atoms with Gasteiger partial charge in [-0.15, -0.1) is 0 Å². The molecular weight excluding hydrogens is 296 g/mol. The van der Waals surface area contributed by atoms with Crippen LogP contribution < -0.4 is 10.5 Å². The molecule has 2 aromatic rings. The number of benzene rings is 1. The number of furan rings is 1. The fraction of sp³-hybridized carbons (Fsp3) is 0.154. The maximum atomic E-state index is 11.4. The SMILES string of the molecule is Cc1ccc(NCc2cc(C(=O)O)co2)cc1S(N)(=O)=O. The molecule has 4 N–H and O–H groups in total. The lowest BCUT2D eigenvalue weighted by Gasteiger charge is -2.08. The Hall–Kier alpha value is -2.32. The maximum Gasteiger partial charge on any atom is 0.338 e. The normalized spacial score (nSPS) is 11.3. The van der Waals surface area contributed by atoms with E-state index in [1.807, 2.05) is 0 Å². The number of hydrogen-bond acceptors (Lipinski definition) is 5. The van der Waals surface area contributed by atoms with Crippen LogP contribution in [-0.2, 0) is 16.6 Å². The van der Waals surface area contributed by atoms with Crippen LogP contribution in [0.1, 0.15) is 21.7 Å². The molecule has 0 saturated heterocycles. The van der Waals surface area contributed by atoms with Crippen molar-refractivity contribution in [3.8, 4) is 0 Å². The zero-order chi connectivity index (χ0) is 15.6. The highest BCUT2D eigenvalue weighted by atomic mass is 32.2. The second kappa shape index (κ2) is 5.58. The number of anilines is 1. The molecule has 0 amide bonds. The number of nitrogens with two attached hydrogens (primary N) is 1. The van der Waals surface area contributed by atoms with Crippen LogP contribution in [0.3, 0.4) is 0 Å². The van der Waals surface area contributed by atoms with Gasteiger partial charge in [-0.1, -0.05) is 6.07 Å². The van der Waals surface area contributed by atoms with Crippen molar-refractivity contribution in [1.29, 1.82) is 0 Å². The number of rotatable bonds is 5. The van der Waals surface area contributed by atoms with E-state index in [9.17, 15) is 13.2 Å². The number of nitrogens with one attached hydrogen (secondary N) is 1. The van der Waals surface area contributed by atoms with Crippen LogP contribution in [0.15, 0.2) is 39.8 Å². The first kappa shape index (κ1) is 15.1. The highest BCUT2D eigenvalue weighted by Gasteiger charge is 2.12. The van der Waals surface area contributed by atoms with Crippen LogP contribution in [0.2, 0.25) is 0 Å². The predicted molar refractivity (Wildman–Crippen MR) is 75.5 cm³/mol. The van der Waals surface area contributed by atoms with Gasteiger partial charge in [0.15, 0.2) is 0 Å². The summed E-state index contributed by atoms with van der Waals surface area (Å²) in [5.74, 6) is -0.651. The van der Waals surface area contributed by atoms with Gasteiger partial charge in [-0.25, -0.2) is 18.4 Å². The fourth-order valence-corrected chi connectivity index (χ4v) is 2.60. The molecule has 1 aromatic carbocycles. The fourth-order valence-electron chi connectivity index (χ4n) is 1.79. The van der Waals surface area contributed by atoms with E-state index in [-0.39, 0.29) is 17.0 Å². The summed E-state index contributed by atoms with van der Waals surface area (Å²) in [7, 11) is -3.79. The van der Waals surface area contributed by atoms with Crippen molar-refractivity contribution in [3.05, 3.63) is 47.4 Å². The van der Waals surface area contributed by atoms with Gasteiger partial charge in [-0.2, -0.15) is 0 Å². The van der Waals surface area contributed by atoms with E-state index in [4.69, 9.17) is 14.7 Å². The molecule has 0 atom stereocenters. The molecule has 0 saturated carbocycles. The minimum absolute atomic E-state index is 0.0400. The highest BCUT2D eigenvalue weighted by Crippen LogP contribution is 2.20. The van der Waals surface area contributed by atoms with Gasteiger partial charge in [0, 0.05) is 5.69 Å². The summed E-state index contributed by atoms with van der Waals surface area (Å²) in [6.45, 7) is 1.87. The Bertz CT molecular complexity index is 780. The zero-order valence-corrected chi connectivity index (χ0v) is 12.0. The average Bonchev–Trinajstić information content (AvgIpc) is 2.85. The molecule has 0 aliphatic rings. The number of aromatic carboxylic acids is 1. The van der Waals surface area contributed by atoms with E-state index in [1.165, 1.54) is 12.1 Å². The average molecular weight is 310 g/mol. The minimum atomic E-state index is -3.79. The largest absolute Gasteiger partial charge is 0.478 e. The quantitative estimate of drug-likeness (QED) is 0.770. The van der Waals surface area contributed by atoms with E-state index in [0.29, 0.717) is 17.0 Å². The summed E-state index contributed by atoms with van der Waals surface area (Å²) in [5, 5.41) is 16.9. The first-order valence-corrected chi connectivity index (χ1v) is 7.50. The summed E-state index contributed by atoms with van der Waals surface area (Å²) in [6.07, 6.45) is 1.14. The molecule has 0 aliphatic carbocycles. The summed E-state index contributed by atoms with van der Waals surface area (Å²) in [6, 6.07) is 6.15. The third-order valence-corrected chi connectivity index (χ3v) is 3.92. The summed E-state index contributed by atoms with van der Waals surface area (Å²) < 4.78 is 27.9. The molecule has 2 rings (SSSR count). The molecule has 112 valence electrons. The molecule has 0 radical (unpaired) electrons. The van der Waals surface area contributed by atoms with Gasteiger partial charge in [0.1, 0.15) is 12.0 Å². The standard InChI is InChI=1S/C13H14N2O5S/c1-8-2-3-10(5-12(8)21(14,18)19)15-6-11-4-9(7-20-11)13(16)17/h2-5,7,15H,6H2,1H3,(H,16,17)(H2,14,18,19). The van der Waals surface area contributed by atoms with Crippen molar-refractivity contribution in [2.75, 3.05) is 5.32 Å². The Kier molecular flexibility index (Phi) is 4.01. The van der Waals surface area contributed by atoms with Crippen LogP contribution in [0, 0.1) is 6.92 Å². The van der Waals surface area contributed by atoms with Crippen molar-refractivity contribution in [3.63, 3.8) is 0 Å². The van der Waals surface area contributed by atoms with Crippen molar-refractivity contribution < 1.29 is 22.7 Å². The Labute approximate surface area is 121 Å². The monoisotopic (exact) mass is 310 g/mol. The van der Waals surface area contributed by atoms with Crippen molar-refractivity contribution in [2.24, 2.45) is 5.14 Å². The summed E-state index contributed by atoms with van der Waals surface area (Å²) in [5.41, 5.74) is 1.15. The molecule has 0 fully saturated rings. The van der Waals surface area contributed by atoms with Gasteiger partial charge in [-0.3, -0.25) is 0 Å². The van der Waals surface area contributed by atoms with E-state index < -0.39 is 16.0 Å². The Morgan fingerprint density at radius 3 is 2.67 bits per heavy atom. The minimum Gasteiger partial charge on any atom is -0.478 e. The van der Waals surface area contributed by atoms with Crippen molar-refractivity contribution in [1.82, 2.24) is 0 Å². The number of sulfonamides is 1. The summed E-state index contributed by atoms with van der Waals surface area (Å²) in [4.78, 5) is 10.8. The van der Waals surface area contributed by atoms with Gasteiger partial charge in [0.25, 0.3) is 0 Å². The summed E-state index contributed by atoms with van der Waals surface area (Å²) >= 11 is 0. The molecule has 1 aromatic heterocycles. The van der Waals surface area contributed by atoms with Crippen LogP contribution in [0.5, 0.6) is 0 Å². The van der Waals surface area contributed by atoms with Gasteiger partial charge < -0.3 is 14.8 Å². The second-order valence-corrected chi connectivity index (χ2v) is 6.02. The molecule has 0 aliphatic heterocycles. The number of primary sulfonamides is 1. The Morgan fingerprint density at radius 1 is 1.38 bits per heavy atom. The molecule has 0 spiro atoms. The second-order valence-electron chi connectivity index (χ2n) is 4.49. The third kappa shape index (κ3) is 3.61. The number of carboxylic acids is 1. The molecule has 0 bridgehead atoms. The Balaban J connectivity index is 2.15. The lowest BCUT2D eigenvalue weighted by molar-refractivity contribution is 0.0696. The van der Waals surface area contributed by atoms with Crippen LogP contribution in [-0.4, -0.2) is 19.5 Å². The number of carboxylic acid groups (broad SMARTS) is 1. The van der Waals surface area contributed by atoms with E-state index in [2.05, 4.69) is 5.32 Å². The number of hydrogen-bond donors (Lipinski definition) is 3. The van der Waals surface area contributed by atoms with E-state index in [1.54, 1.807) is 19.1 Å². The maximum absolute atomic E-state index is 11.4. The first-order chi connectivity index (χ1) is 9.77. The van der Waals surface area contributed by atoms with Gasteiger partial charge in [-0.05, 0) is 30.7 Å². The smallest absolute Gasteiger partial charge is 0.338 e. The van der Waals surface area contributed by atoms with Gasteiger partial charge in [0.2, 0.25) is 10.0 Å². The lowest BCUT2D eigenvalue weighted by Crippen LogP contribution is -2.14. The molecule has 0 unspecified atom stereocenters. The topological polar surface area (TPSA) is 123 Å². The molecule has 1 heterocycles. The van der Waals surface area contributed by atoms with E-state index >= 15 is 0 Å². The Morgan fingerprint density at radius 2 is 2.10 bits per heavy atom. The van der Waals surface area contributed by atoms with Crippen LogP contribution in [0.25, 0.3) is 0 Å². The molecule has 7 nitrogen and oxygen atoms in total. The van der Waals surface area contributed by atoms with Crippen molar-refractivity contribution in [2.45, 2.75) is 18.4 Å². The molecule has 8 heteroatoms.